The van der Waals surface area contributed by atoms with Gasteiger partial charge in [0.15, 0.2) is 0 Å². The minimum Gasteiger partial charge on any atom is -0.314 e. The summed E-state index contributed by atoms with van der Waals surface area (Å²) in [6.45, 7) is 1.99. The Morgan fingerprint density at radius 1 is 1.44 bits per heavy atom. The van der Waals surface area contributed by atoms with Crippen molar-refractivity contribution in [2.75, 3.05) is 6.54 Å². The van der Waals surface area contributed by atoms with E-state index in [1.165, 1.54) is 12.5 Å². The molecule has 0 aliphatic carbocycles. The lowest BCUT2D eigenvalue weighted by Crippen LogP contribution is -2.23. The molecule has 2 rings (SSSR count). The van der Waals surface area contributed by atoms with E-state index in [2.05, 4.69) is 5.32 Å². The van der Waals surface area contributed by atoms with Gasteiger partial charge >= 0.3 is 0 Å². The molecule has 0 aromatic heterocycles. The van der Waals surface area contributed by atoms with Gasteiger partial charge in [-0.1, -0.05) is 18.2 Å². The minimum atomic E-state index is -2.74. The second-order valence-corrected chi connectivity index (χ2v) is 4.59. The third-order valence-corrected chi connectivity index (χ3v) is 3.08. The van der Waals surface area contributed by atoms with Gasteiger partial charge in [-0.3, -0.25) is 0 Å². The van der Waals surface area contributed by atoms with Gasteiger partial charge in [-0.25, -0.2) is 8.78 Å². The Morgan fingerprint density at radius 2 is 2.25 bits per heavy atom. The van der Waals surface area contributed by atoms with E-state index in [4.69, 9.17) is 0 Å². The quantitative estimate of drug-likeness (QED) is 0.833. The predicted molar refractivity (Wildman–Crippen MR) is 60.7 cm³/mol. The van der Waals surface area contributed by atoms with Crippen LogP contribution in [0.5, 0.6) is 0 Å². The van der Waals surface area contributed by atoms with Gasteiger partial charge in [-0.05, 0) is 37.4 Å². The first kappa shape index (κ1) is 11.5. The van der Waals surface area contributed by atoms with E-state index < -0.39 is 5.92 Å². The number of hydrogen-bond acceptors (Lipinski definition) is 1. The molecule has 0 bridgehead atoms. The molecular weight excluding hydrogens is 208 g/mol. The molecule has 0 amide bonds. The molecule has 1 aromatic rings. The molecule has 1 atom stereocenters. The Hall–Kier alpha value is -0.960. The number of hydrogen-bond donors (Lipinski definition) is 1. The molecule has 1 heterocycles. The highest BCUT2D eigenvalue weighted by Gasteiger charge is 2.24. The van der Waals surface area contributed by atoms with Crippen molar-refractivity contribution in [3.05, 3.63) is 35.4 Å². The first-order valence-electron chi connectivity index (χ1n) is 5.76. The molecule has 0 radical (unpaired) electrons. The number of nitrogens with one attached hydrogen (secondary N) is 1. The fourth-order valence-electron chi connectivity index (χ4n) is 2.19. The molecule has 1 saturated heterocycles. The normalized spacial score (nSPS) is 21.3. The van der Waals surface area contributed by atoms with E-state index in [9.17, 15) is 8.78 Å². The zero-order valence-electron chi connectivity index (χ0n) is 9.47. The highest BCUT2D eigenvalue weighted by atomic mass is 19.3. The fourth-order valence-corrected chi connectivity index (χ4v) is 2.19. The van der Waals surface area contributed by atoms with Crippen molar-refractivity contribution in [2.24, 2.45) is 0 Å². The van der Waals surface area contributed by atoms with Gasteiger partial charge in [-0.15, -0.1) is 0 Å². The van der Waals surface area contributed by atoms with Crippen molar-refractivity contribution >= 4 is 0 Å². The largest absolute Gasteiger partial charge is 0.314 e. The summed E-state index contributed by atoms with van der Waals surface area (Å²) in [4.78, 5) is 0. The first-order valence-corrected chi connectivity index (χ1v) is 5.76. The third-order valence-electron chi connectivity index (χ3n) is 3.08. The lowest BCUT2D eigenvalue weighted by molar-refractivity contribution is 0.0174. The highest BCUT2D eigenvalue weighted by Crippen LogP contribution is 2.27. The molecule has 1 aromatic carbocycles. The van der Waals surface area contributed by atoms with Gasteiger partial charge in [0, 0.05) is 18.5 Å². The summed E-state index contributed by atoms with van der Waals surface area (Å²) >= 11 is 0. The summed E-state index contributed by atoms with van der Waals surface area (Å²) in [7, 11) is 0. The van der Waals surface area contributed by atoms with Crippen LogP contribution in [0, 0.1) is 0 Å². The van der Waals surface area contributed by atoms with Crippen molar-refractivity contribution in [1.82, 2.24) is 5.32 Å². The summed E-state index contributed by atoms with van der Waals surface area (Å²) in [5, 5.41) is 3.38. The fraction of sp³-hybridized carbons (Fsp3) is 0.538. The number of benzene rings is 1. The Morgan fingerprint density at radius 3 is 2.88 bits per heavy atom. The van der Waals surface area contributed by atoms with Crippen LogP contribution in [0.15, 0.2) is 24.3 Å². The van der Waals surface area contributed by atoms with Crippen LogP contribution >= 0.6 is 0 Å². The Labute approximate surface area is 94.9 Å². The summed E-state index contributed by atoms with van der Waals surface area (Å²) in [6, 6.07) is 7.22. The van der Waals surface area contributed by atoms with E-state index in [-0.39, 0.29) is 5.56 Å². The molecule has 88 valence electrons. The molecular formula is C13H17F2N. The maximum atomic E-state index is 13.1. The van der Waals surface area contributed by atoms with Crippen molar-refractivity contribution in [3.8, 4) is 0 Å². The van der Waals surface area contributed by atoms with Crippen LogP contribution in [0.2, 0.25) is 0 Å². The molecule has 1 N–H and O–H groups in total. The van der Waals surface area contributed by atoms with Crippen LogP contribution in [0.1, 0.15) is 30.9 Å². The Kier molecular flexibility index (Phi) is 3.24. The van der Waals surface area contributed by atoms with E-state index in [0.29, 0.717) is 6.04 Å². The van der Waals surface area contributed by atoms with Crippen LogP contribution in [0.4, 0.5) is 8.78 Å². The Bertz CT molecular complexity index is 351. The van der Waals surface area contributed by atoms with Crippen LogP contribution < -0.4 is 5.32 Å². The zero-order valence-corrected chi connectivity index (χ0v) is 9.47. The number of alkyl halides is 2. The summed E-state index contributed by atoms with van der Waals surface area (Å²) in [5.41, 5.74) is 1.11. The molecule has 3 heteroatoms. The van der Waals surface area contributed by atoms with Crippen molar-refractivity contribution < 1.29 is 8.78 Å². The molecule has 0 spiro atoms. The molecule has 16 heavy (non-hydrogen) atoms. The van der Waals surface area contributed by atoms with Crippen molar-refractivity contribution in [2.45, 2.75) is 38.2 Å². The number of halogens is 2. The standard InChI is InChI=1S/C13H17F2N/c1-13(14,15)11-5-2-4-10(8-11)9-12-6-3-7-16-12/h2,4-5,8,12,16H,3,6-7,9H2,1H3. The molecule has 1 nitrogen and oxygen atoms in total. The van der Waals surface area contributed by atoms with Crippen LogP contribution in [0.3, 0.4) is 0 Å². The average Bonchev–Trinajstić information content (AvgIpc) is 2.70. The van der Waals surface area contributed by atoms with Gasteiger partial charge in [0.05, 0.1) is 0 Å². The summed E-state index contributed by atoms with van der Waals surface area (Å²) < 4.78 is 26.3. The minimum absolute atomic E-state index is 0.114. The predicted octanol–water partition coefficient (Wildman–Crippen LogP) is 3.09. The zero-order chi connectivity index (χ0) is 11.6. The Balaban J connectivity index is 2.09. The monoisotopic (exact) mass is 225 g/mol. The molecule has 1 fully saturated rings. The summed E-state index contributed by atoms with van der Waals surface area (Å²) in [5.74, 6) is -2.74. The van der Waals surface area contributed by atoms with Crippen LogP contribution in [-0.4, -0.2) is 12.6 Å². The maximum absolute atomic E-state index is 13.1. The van der Waals surface area contributed by atoms with E-state index in [0.717, 1.165) is 31.9 Å². The van der Waals surface area contributed by atoms with Gasteiger partial charge in [0.1, 0.15) is 0 Å². The lowest BCUT2D eigenvalue weighted by atomic mass is 10.0. The topological polar surface area (TPSA) is 12.0 Å². The lowest BCUT2D eigenvalue weighted by Gasteiger charge is -2.14. The second kappa shape index (κ2) is 4.50. The second-order valence-electron chi connectivity index (χ2n) is 4.59. The van der Waals surface area contributed by atoms with E-state index >= 15 is 0 Å². The molecule has 1 aliphatic heterocycles. The van der Waals surface area contributed by atoms with E-state index in [1.807, 2.05) is 6.07 Å². The van der Waals surface area contributed by atoms with Crippen molar-refractivity contribution in [3.63, 3.8) is 0 Å². The van der Waals surface area contributed by atoms with Crippen LogP contribution in [0.25, 0.3) is 0 Å². The van der Waals surface area contributed by atoms with E-state index in [1.54, 1.807) is 12.1 Å². The van der Waals surface area contributed by atoms with Gasteiger partial charge in [0.2, 0.25) is 0 Å². The average molecular weight is 225 g/mol. The first-order chi connectivity index (χ1) is 7.55. The molecule has 0 saturated carbocycles. The molecule has 1 aliphatic rings. The molecule has 1 unspecified atom stereocenters. The van der Waals surface area contributed by atoms with Crippen LogP contribution in [-0.2, 0) is 12.3 Å². The smallest absolute Gasteiger partial charge is 0.270 e. The maximum Gasteiger partial charge on any atom is 0.270 e. The third kappa shape index (κ3) is 2.79. The highest BCUT2D eigenvalue weighted by molar-refractivity contribution is 5.27. The number of rotatable bonds is 3. The van der Waals surface area contributed by atoms with Gasteiger partial charge in [-0.2, -0.15) is 0 Å². The SMILES string of the molecule is CC(F)(F)c1cccc(CC2CCCN2)c1. The van der Waals surface area contributed by atoms with Crippen molar-refractivity contribution in [1.29, 1.82) is 0 Å². The van der Waals surface area contributed by atoms with Gasteiger partial charge in [0.25, 0.3) is 5.92 Å². The van der Waals surface area contributed by atoms with Gasteiger partial charge < -0.3 is 5.32 Å². The summed E-state index contributed by atoms with van der Waals surface area (Å²) in [6.07, 6.45) is 3.19.